The molecule has 0 radical (unpaired) electrons. The molecule has 0 unspecified atom stereocenters. The Morgan fingerprint density at radius 3 is 2.82 bits per heavy atom. The first-order chi connectivity index (χ1) is 8.25. The third kappa shape index (κ3) is 1.83. The van der Waals surface area contributed by atoms with Crippen LogP contribution in [0.4, 0.5) is 5.82 Å². The molecule has 7 heteroatoms. The van der Waals surface area contributed by atoms with Gasteiger partial charge in [0.2, 0.25) is 5.28 Å². The summed E-state index contributed by atoms with van der Waals surface area (Å²) >= 11 is 5.97. The van der Waals surface area contributed by atoms with Gasteiger partial charge in [-0.2, -0.15) is 15.1 Å². The summed E-state index contributed by atoms with van der Waals surface area (Å²) in [5, 5.41) is 8.75. The molecule has 0 bridgehead atoms. The molecule has 0 atom stereocenters. The molecule has 1 saturated heterocycles. The molecule has 2 aromatic rings. The predicted octanol–water partition coefficient (Wildman–Crippen LogP) is 0.426. The largest absolute Gasteiger partial charge is 0.353 e. The molecule has 0 aliphatic carbocycles. The number of hydrogen-bond donors (Lipinski definition) is 1. The summed E-state index contributed by atoms with van der Waals surface area (Å²) in [5.74, 6) is 0.884. The fourth-order valence-electron chi connectivity index (χ4n) is 2.10. The summed E-state index contributed by atoms with van der Waals surface area (Å²) in [7, 11) is 1.85. The van der Waals surface area contributed by atoms with E-state index in [1.807, 2.05) is 7.05 Å². The van der Waals surface area contributed by atoms with E-state index in [0.29, 0.717) is 0 Å². The number of rotatable bonds is 1. The van der Waals surface area contributed by atoms with E-state index in [2.05, 4.69) is 25.3 Å². The van der Waals surface area contributed by atoms with Crippen LogP contribution in [0.2, 0.25) is 5.28 Å². The van der Waals surface area contributed by atoms with Crippen molar-refractivity contribution in [3.05, 3.63) is 11.5 Å². The zero-order chi connectivity index (χ0) is 11.8. The number of aromatic nitrogens is 4. The lowest BCUT2D eigenvalue weighted by Crippen LogP contribution is -2.44. The first-order valence-electron chi connectivity index (χ1n) is 5.56. The van der Waals surface area contributed by atoms with Gasteiger partial charge in [-0.1, -0.05) is 0 Å². The number of anilines is 1. The first kappa shape index (κ1) is 10.7. The van der Waals surface area contributed by atoms with Gasteiger partial charge in [0, 0.05) is 33.2 Å². The van der Waals surface area contributed by atoms with Crippen LogP contribution in [0.1, 0.15) is 0 Å². The maximum absolute atomic E-state index is 5.97. The highest BCUT2D eigenvalue weighted by Crippen LogP contribution is 2.24. The molecule has 1 aliphatic rings. The average molecular weight is 253 g/mol. The van der Waals surface area contributed by atoms with Gasteiger partial charge in [-0.3, -0.25) is 4.68 Å². The number of nitrogens with zero attached hydrogens (tertiary/aromatic N) is 5. The Kier molecular flexibility index (Phi) is 2.60. The van der Waals surface area contributed by atoms with Crippen molar-refractivity contribution in [3.63, 3.8) is 0 Å². The third-order valence-electron chi connectivity index (χ3n) is 2.96. The van der Waals surface area contributed by atoms with Gasteiger partial charge in [-0.25, -0.2) is 0 Å². The molecular formula is C10H13ClN6. The van der Waals surface area contributed by atoms with Gasteiger partial charge in [0.05, 0.1) is 11.6 Å². The zero-order valence-corrected chi connectivity index (χ0v) is 10.3. The van der Waals surface area contributed by atoms with Gasteiger partial charge in [0.25, 0.3) is 0 Å². The van der Waals surface area contributed by atoms with Gasteiger partial charge in [0.1, 0.15) is 5.82 Å². The number of fused-ring (bicyclic) bond motifs is 1. The smallest absolute Gasteiger partial charge is 0.226 e. The maximum atomic E-state index is 5.97. The molecule has 17 heavy (non-hydrogen) atoms. The lowest BCUT2D eigenvalue weighted by atomic mass is 10.3. The topological polar surface area (TPSA) is 58.9 Å². The van der Waals surface area contributed by atoms with Crippen molar-refractivity contribution < 1.29 is 0 Å². The summed E-state index contributed by atoms with van der Waals surface area (Å²) in [4.78, 5) is 10.8. The van der Waals surface area contributed by atoms with Crippen LogP contribution in [-0.2, 0) is 7.05 Å². The van der Waals surface area contributed by atoms with E-state index in [9.17, 15) is 0 Å². The van der Waals surface area contributed by atoms with Gasteiger partial charge >= 0.3 is 0 Å². The minimum atomic E-state index is 0.273. The molecule has 3 rings (SSSR count). The van der Waals surface area contributed by atoms with E-state index in [1.165, 1.54) is 0 Å². The van der Waals surface area contributed by atoms with Crippen LogP contribution >= 0.6 is 11.6 Å². The van der Waals surface area contributed by atoms with E-state index in [1.54, 1.807) is 10.9 Å². The molecule has 1 fully saturated rings. The minimum absolute atomic E-state index is 0.273. The summed E-state index contributed by atoms with van der Waals surface area (Å²) in [6, 6.07) is 0. The Balaban J connectivity index is 2.13. The molecule has 0 saturated carbocycles. The van der Waals surface area contributed by atoms with Crippen molar-refractivity contribution in [1.29, 1.82) is 0 Å². The Morgan fingerprint density at radius 1 is 1.29 bits per heavy atom. The molecular weight excluding hydrogens is 240 g/mol. The van der Waals surface area contributed by atoms with Crippen LogP contribution in [0.5, 0.6) is 0 Å². The van der Waals surface area contributed by atoms with Crippen LogP contribution < -0.4 is 10.2 Å². The van der Waals surface area contributed by atoms with Crippen LogP contribution in [0.3, 0.4) is 0 Å². The third-order valence-corrected chi connectivity index (χ3v) is 3.13. The summed E-state index contributed by atoms with van der Waals surface area (Å²) in [6.45, 7) is 3.78. The highest BCUT2D eigenvalue weighted by Gasteiger charge is 2.18. The number of halogens is 1. The second kappa shape index (κ2) is 4.12. The maximum Gasteiger partial charge on any atom is 0.226 e. The van der Waals surface area contributed by atoms with E-state index < -0.39 is 0 Å². The average Bonchev–Trinajstić information content (AvgIpc) is 2.72. The quantitative estimate of drug-likeness (QED) is 0.746. The van der Waals surface area contributed by atoms with Gasteiger partial charge < -0.3 is 10.2 Å². The fraction of sp³-hybridized carbons (Fsp3) is 0.500. The number of aryl methyl sites for hydroxylation is 1. The van der Waals surface area contributed by atoms with Gasteiger partial charge in [0.15, 0.2) is 5.65 Å². The van der Waals surface area contributed by atoms with Crippen LogP contribution in [-0.4, -0.2) is 45.9 Å². The Labute approximate surface area is 104 Å². The first-order valence-corrected chi connectivity index (χ1v) is 5.94. The highest BCUT2D eigenvalue weighted by molar-refractivity contribution is 6.28. The molecule has 0 spiro atoms. The SMILES string of the molecule is Cn1ncc2c(N3CCNCC3)nc(Cl)nc21. The van der Waals surface area contributed by atoms with Crippen LogP contribution in [0, 0.1) is 0 Å². The molecule has 3 heterocycles. The van der Waals surface area contributed by atoms with Crippen molar-refractivity contribution in [2.75, 3.05) is 31.1 Å². The number of piperazine rings is 1. The Hall–Kier alpha value is -1.40. The van der Waals surface area contributed by atoms with Gasteiger partial charge in [-0.05, 0) is 11.6 Å². The number of hydrogen-bond acceptors (Lipinski definition) is 5. The monoisotopic (exact) mass is 252 g/mol. The zero-order valence-electron chi connectivity index (χ0n) is 9.52. The van der Waals surface area contributed by atoms with Crippen LogP contribution in [0.25, 0.3) is 11.0 Å². The Morgan fingerprint density at radius 2 is 2.06 bits per heavy atom. The highest BCUT2D eigenvalue weighted by atomic mass is 35.5. The molecule has 6 nitrogen and oxygen atoms in total. The normalized spacial score (nSPS) is 16.7. The molecule has 0 amide bonds. The van der Waals surface area contributed by atoms with Crippen molar-refractivity contribution in [3.8, 4) is 0 Å². The standard InChI is InChI=1S/C10H13ClN6/c1-16-8-7(6-13-16)9(15-10(11)14-8)17-4-2-12-3-5-17/h6,12H,2-5H2,1H3. The van der Waals surface area contributed by atoms with Gasteiger partial charge in [-0.15, -0.1) is 0 Å². The minimum Gasteiger partial charge on any atom is -0.353 e. The summed E-state index contributed by atoms with van der Waals surface area (Å²) < 4.78 is 1.72. The van der Waals surface area contributed by atoms with Crippen molar-refractivity contribution in [1.82, 2.24) is 25.1 Å². The fourth-order valence-corrected chi connectivity index (χ4v) is 2.26. The van der Waals surface area contributed by atoms with Crippen LogP contribution in [0.15, 0.2) is 6.20 Å². The van der Waals surface area contributed by atoms with E-state index >= 15 is 0 Å². The van der Waals surface area contributed by atoms with Crippen molar-refractivity contribution in [2.45, 2.75) is 0 Å². The van der Waals surface area contributed by atoms with Crippen molar-refractivity contribution in [2.24, 2.45) is 7.05 Å². The lowest BCUT2D eigenvalue weighted by molar-refractivity contribution is 0.586. The Bertz CT molecular complexity index is 545. The summed E-state index contributed by atoms with van der Waals surface area (Å²) in [6.07, 6.45) is 1.79. The van der Waals surface area contributed by atoms with E-state index in [-0.39, 0.29) is 5.28 Å². The molecule has 2 aromatic heterocycles. The van der Waals surface area contributed by atoms with E-state index in [0.717, 1.165) is 43.0 Å². The molecule has 0 aromatic carbocycles. The lowest BCUT2D eigenvalue weighted by Gasteiger charge is -2.28. The summed E-state index contributed by atoms with van der Waals surface area (Å²) in [5.41, 5.74) is 0.776. The molecule has 90 valence electrons. The molecule has 1 N–H and O–H groups in total. The van der Waals surface area contributed by atoms with Crippen molar-refractivity contribution >= 4 is 28.5 Å². The second-order valence-electron chi connectivity index (χ2n) is 4.06. The van der Waals surface area contributed by atoms with E-state index in [4.69, 9.17) is 11.6 Å². The second-order valence-corrected chi connectivity index (χ2v) is 4.40. The number of nitrogens with one attached hydrogen (secondary N) is 1. The molecule has 1 aliphatic heterocycles. The predicted molar refractivity (Wildman–Crippen MR) is 66.4 cm³/mol.